The van der Waals surface area contributed by atoms with E-state index in [1.165, 1.54) is 0 Å². The van der Waals surface area contributed by atoms with Crippen molar-refractivity contribution < 1.29 is 9.53 Å². The fourth-order valence-electron chi connectivity index (χ4n) is 1.79. The first kappa shape index (κ1) is 11.7. The molecule has 3 rings (SSSR count). The zero-order valence-corrected chi connectivity index (χ0v) is 10.5. The van der Waals surface area contributed by atoms with Crippen LogP contribution in [0.25, 0.3) is 5.65 Å². The molecule has 3 aromatic rings. The van der Waals surface area contributed by atoms with Crippen molar-refractivity contribution in [3.8, 4) is 11.6 Å². The van der Waals surface area contributed by atoms with Crippen LogP contribution >= 0.6 is 11.6 Å². The monoisotopic (exact) mass is 272 g/mol. The maximum Gasteiger partial charge on any atom is 0.249 e. The van der Waals surface area contributed by atoms with Crippen molar-refractivity contribution >= 4 is 23.5 Å². The number of imidazole rings is 1. The molecule has 0 spiro atoms. The predicted molar refractivity (Wildman–Crippen MR) is 72.1 cm³/mol. The molecular weight excluding hydrogens is 264 g/mol. The largest absolute Gasteiger partial charge is 0.437 e. The molecule has 0 atom stereocenters. The molecule has 0 N–H and O–H groups in total. The van der Waals surface area contributed by atoms with Crippen molar-refractivity contribution in [2.75, 3.05) is 0 Å². The van der Waals surface area contributed by atoms with Crippen LogP contribution < -0.4 is 4.74 Å². The highest BCUT2D eigenvalue weighted by molar-refractivity contribution is 6.30. The van der Waals surface area contributed by atoms with Gasteiger partial charge in [-0.15, -0.1) is 0 Å². The molecule has 0 saturated heterocycles. The Labute approximate surface area is 114 Å². The summed E-state index contributed by atoms with van der Waals surface area (Å²) in [5.41, 5.74) is 1.04. The maximum atomic E-state index is 11.2. The first-order valence-electron chi connectivity index (χ1n) is 5.63. The number of nitrogens with zero attached hydrogens (tertiary/aromatic N) is 2. The van der Waals surface area contributed by atoms with Gasteiger partial charge < -0.3 is 4.74 Å². The highest BCUT2D eigenvalue weighted by Crippen LogP contribution is 2.25. The van der Waals surface area contributed by atoms with Gasteiger partial charge in [0.2, 0.25) is 5.88 Å². The van der Waals surface area contributed by atoms with E-state index in [1.54, 1.807) is 34.9 Å². The van der Waals surface area contributed by atoms with Gasteiger partial charge in [0.15, 0.2) is 12.0 Å². The number of fused-ring (bicyclic) bond motifs is 1. The molecule has 94 valence electrons. The van der Waals surface area contributed by atoms with Gasteiger partial charge >= 0.3 is 0 Å². The van der Waals surface area contributed by atoms with Crippen molar-refractivity contribution in [2.24, 2.45) is 0 Å². The summed E-state index contributed by atoms with van der Waals surface area (Å²) >= 11 is 5.81. The number of hydrogen-bond acceptors (Lipinski definition) is 3. The van der Waals surface area contributed by atoms with Gasteiger partial charge in [-0.2, -0.15) is 4.98 Å². The molecular formula is C14H9ClN2O2. The van der Waals surface area contributed by atoms with Crippen LogP contribution in [0.15, 0.2) is 48.7 Å². The Morgan fingerprint density at radius 1 is 1.16 bits per heavy atom. The fraction of sp³-hybridized carbons (Fsp3) is 0. The second-order valence-electron chi connectivity index (χ2n) is 3.90. The Kier molecular flexibility index (Phi) is 2.93. The minimum Gasteiger partial charge on any atom is -0.437 e. The lowest BCUT2D eigenvalue weighted by molar-refractivity contribution is 0.111. The normalized spacial score (nSPS) is 10.6. The minimum absolute atomic E-state index is 0.281. The van der Waals surface area contributed by atoms with Crippen LogP contribution in [-0.4, -0.2) is 15.7 Å². The molecule has 0 bridgehead atoms. The standard InChI is InChI=1S/C14H9ClN2O2/c15-10-4-6-11(7-5-10)19-14-12(9-18)17-8-2-1-3-13(17)16-14/h1-9H. The number of halogens is 1. The number of carbonyl (C=O) groups excluding carboxylic acids is 1. The van der Waals surface area contributed by atoms with Gasteiger partial charge in [0.05, 0.1) is 0 Å². The SMILES string of the molecule is O=Cc1c(Oc2ccc(Cl)cc2)nc2ccccn12. The van der Waals surface area contributed by atoms with E-state index in [9.17, 15) is 4.79 Å². The van der Waals surface area contributed by atoms with E-state index in [0.717, 1.165) is 6.29 Å². The van der Waals surface area contributed by atoms with Crippen LogP contribution in [0.1, 0.15) is 10.5 Å². The number of ether oxygens (including phenoxy) is 1. The smallest absolute Gasteiger partial charge is 0.249 e. The third kappa shape index (κ3) is 2.18. The number of benzene rings is 1. The van der Waals surface area contributed by atoms with E-state index in [4.69, 9.17) is 16.3 Å². The van der Waals surface area contributed by atoms with Crippen molar-refractivity contribution in [3.63, 3.8) is 0 Å². The summed E-state index contributed by atoms with van der Waals surface area (Å²) in [5.74, 6) is 0.861. The molecule has 0 amide bonds. The Morgan fingerprint density at radius 3 is 2.68 bits per heavy atom. The fourth-order valence-corrected chi connectivity index (χ4v) is 1.92. The van der Waals surface area contributed by atoms with E-state index in [0.29, 0.717) is 22.1 Å². The topological polar surface area (TPSA) is 43.6 Å². The van der Waals surface area contributed by atoms with E-state index >= 15 is 0 Å². The van der Waals surface area contributed by atoms with Crippen LogP contribution in [0.3, 0.4) is 0 Å². The van der Waals surface area contributed by atoms with E-state index < -0.39 is 0 Å². The molecule has 0 aliphatic rings. The Balaban J connectivity index is 2.05. The molecule has 0 unspecified atom stereocenters. The van der Waals surface area contributed by atoms with E-state index in [-0.39, 0.29) is 5.88 Å². The molecule has 0 aliphatic carbocycles. The first-order chi connectivity index (χ1) is 9.28. The molecule has 1 aromatic carbocycles. The van der Waals surface area contributed by atoms with Crippen molar-refractivity contribution in [2.45, 2.75) is 0 Å². The Morgan fingerprint density at radius 2 is 1.95 bits per heavy atom. The Bertz CT molecular complexity index is 735. The molecule has 2 heterocycles. The van der Waals surface area contributed by atoms with Crippen LogP contribution in [0, 0.1) is 0 Å². The summed E-state index contributed by atoms with van der Waals surface area (Å²) in [5, 5.41) is 0.623. The lowest BCUT2D eigenvalue weighted by Gasteiger charge is -2.02. The van der Waals surface area contributed by atoms with Gasteiger partial charge in [-0.3, -0.25) is 9.20 Å². The lowest BCUT2D eigenvalue weighted by atomic mass is 10.3. The quantitative estimate of drug-likeness (QED) is 0.684. The maximum absolute atomic E-state index is 11.2. The zero-order valence-electron chi connectivity index (χ0n) is 9.79. The van der Waals surface area contributed by atoms with Gasteiger partial charge in [-0.05, 0) is 36.4 Å². The van der Waals surface area contributed by atoms with Gasteiger partial charge in [-0.25, -0.2) is 0 Å². The first-order valence-corrected chi connectivity index (χ1v) is 6.01. The van der Waals surface area contributed by atoms with Crippen LogP contribution in [-0.2, 0) is 0 Å². The third-order valence-electron chi connectivity index (χ3n) is 2.67. The number of pyridine rings is 1. The van der Waals surface area contributed by atoms with Crippen molar-refractivity contribution in [3.05, 3.63) is 59.4 Å². The summed E-state index contributed by atoms with van der Waals surface area (Å²) in [6.07, 6.45) is 2.49. The van der Waals surface area contributed by atoms with Crippen molar-refractivity contribution in [1.82, 2.24) is 9.38 Å². The van der Waals surface area contributed by atoms with Gasteiger partial charge in [-0.1, -0.05) is 17.7 Å². The molecule has 0 fully saturated rings. The van der Waals surface area contributed by atoms with Crippen LogP contribution in [0.5, 0.6) is 11.6 Å². The molecule has 19 heavy (non-hydrogen) atoms. The summed E-state index contributed by atoms with van der Waals surface area (Å²) < 4.78 is 7.30. The average Bonchev–Trinajstić information content (AvgIpc) is 2.78. The molecule has 0 radical (unpaired) electrons. The van der Waals surface area contributed by atoms with Crippen molar-refractivity contribution in [1.29, 1.82) is 0 Å². The van der Waals surface area contributed by atoms with E-state index in [1.807, 2.05) is 18.2 Å². The molecule has 0 saturated carbocycles. The van der Waals surface area contributed by atoms with E-state index in [2.05, 4.69) is 4.98 Å². The minimum atomic E-state index is 0.281. The Hall–Kier alpha value is -2.33. The summed E-state index contributed by atoms with van der Waals surface area (Å²) in [6, 6.07) is 12.4. The molecule has 2 aromatic heterocycles. The van der Waals surface area contributed by atoms with Crippen LogP contribution in [0.2, 0.25) is 5.02 Å². The number of carbonyl (C=O) groups is 1. The average molecular weight is 273 g/mol. The van der Waals surface area contributed by atoms with Crippen LogP contribution in [0.4, 0.5) is 0 Å². The van der Waals surface area contributed by atoms with Gasteiger partial charge in [0.1, 0.15) is 11.4 Å². The highest BCUT2D eigenvalue weighted by atomic mass is 35.5. The second kappa shape index (κ2) is 4.74. The number of aromatic nitrogens is 2. The summed E-state index contributed by atoms with van der Waals surface area (Å²) in [7, 11) is 0. The van der Waals surface area contributed by atoms with Gasteiger partial charge in [0, 0.05) is 11.2 Å². The molecule has 5 heteroatoms. The molecule has 0 aliphatic heterocycles. The lowest BCUT2D eigenvalue weighted by Crippen LogP contribution is -1.92. The number of rotatable bonds is 3. The third-order valence-corrected chi connectivity index (χ3v) is 2.92. The molecule has 4 nitrogen and oxygen atoms in total. The number of hydrogen-bond donors (Lipinski definition) is 0. The van der Waals surface area contributed by atoms with Gasteiger partial charge in [0.25, 0.3) is 0 Å². The number of aldehydes is 1. The predicted octanol–water partition coefficient (Wildman–Crippen LogP) is 3.59. The summed E-state index contributed by atoms with van der Waals surface area (Å²) in [4.78, 5) is 15.5. The second-order valence-corrected chi connectivity index (χ2v) is 4.34. The zero-order chi connectivity index (χ0) is 13.2. The summed E-state index contributed by atoms with van der Waals surface area (Å²) in [6.45, 7) is 0. The highest BCUT2D eigenvalue weighted by Gasteiger charge is 2.13.